The summed E-state index contributed by atoms with van der Waals surface area (Å²) < 4.78 is 6.12. The van der Waals surface area contributed by atoms with Gasteiger partial charge in [0.05, 0.1) is 23.5 Å². The fourth-order valence-corrected chi connectivity index (χ4v) is 3.26. The molecule has 0 saturated carbocycles. The molecule has 0 N–H and O–H groups in total. The number of aromatic nitrogens is 2. The summed E-state index contributed by atoms with van der Waals surface area (Å²) in [6, 6.07) is 11.7. The number of methoxy groups -OCH3 is 1. The summed E-state index contributed by atoms with van der Waals surface area (Å²) in [5.74, 6) is -0.829. The highest BCUT2D eigenvalue weighted by molar-refractivity contribution is 6.35. The zero-order valence-corrected chi connectivity index (χ0v) is 16.6. The van der Waals surface area contributed by atoms with Crippen LogP contribution in [0.15, 0.2) is 47.3 Å². The van der Waals surface area contributed by atoms with Gasteiger partial charge in [-0.25, -0.2) is 9.48 Å². The Labute approximate surface area is 170 Å². The van der Waals surface area contributed by atoms with Crippen molar-refractivity contribution in [3.05, 3.63) is 79.0 Å². The summed E-state index contributed by atoms with van der Waals surface area (Å²) in [4.78, 5) is 24.7. The van der Waals surface area contributed by atoms with Gasteiger partial charge in [-0.15, -0.1) is 0 Å². The lowest BCUT2D eigenvalue weighted by Crippen LogP contribution is -2.26. The van der Waals surface area contributed by atoms with E-state index in [-0.39, 0.29) is 5.69 Å². The average molecular weight is 424 g/mol. The molecule has 0 atom stereocenters. The molecule has 138 valence electrons. The Balaban J connectivity index is 2.40. The van der Waals surface area contributed by atoms with E-state index in [1.165, 1.54) is 11.8 Å². The Morgan fingerprint density at radius 1 is 1.04 bits per heavy atom. The third-order valence-corrected chi connectivity index (χ3v) is 4.75. The summed E-state index contributed by atoms with van der Waals surface area (Å²) in [6.45, 7) is 1.61. The fourth-order valence-electron chi connectivity index (χ4n) is 2.64. The third-order valence-electron chi connectivity index (χ3n) is 3.96. The van der Waals surface area contributed by atoms with Crippen molar-refractivity contribution in [1.29, 1.82) is 0 Å². The number of esters is 1. The van der Waals surface area contributed by atoms with Crippen molar-refractivity contribution < 1.29 is 9.53 Å². The van der Waals surface area contributed by atoms with Crippen molar-refractivity contribution in [1.82, 2.24) is 9.78 Å². The quantitative estimate of drug-likeness (QED) is 0.559. The number of benzene rings is 2. The molecule has 0 aliphatic heterocycles. The second-order valence-corrected chi connectivity index (χ2v) is 6.94. The van der Waals surface area contributed by atoms with E-state index in [1.807, 2.05) is 0 Å². The van der Waals surface area contributed by atoms with E-state index in [4.69, 9.17) is 34.8 Å². The van der Waals surface area contributed by atoms with Gasteiger partial charge in [-0.05, 0) is 37.3 Å². The van der Waals surface area contributed by atoms with Gasteiger partial charge in [-0.3, -0.25) is 4.79 Å². The van der Waals surface area contributed by atoms with E-state index in [1.54, 1.807) is 49.4 Å². The summed E-state index contributed by atoms with van der Waals surface area (Å²) in [6.07, 6.45) is 0. The van der Waals surface area contributed by atoms with Crippen LogP contribution in [-0.2, 0) is 4.74 Å². The van der Waals surface area contributed by atoms with Crippen LogP contribution >= 0.6 is 34.8 Å². The van der Waals surface area contributed by atoms with Crippen LogP contribution in [0.3, 0.4) is 0 Å². The Morgan fingerprint density at radius 3 is 2.26 bits per heavy atom. The first kappa shape index (κ1) is 19.4. The van der Waals surface area contributed by atoms with Gasteiger partial charge in [0, 0.05) is 21.2 Å². The minimum absolute atomic E-state index is 0.309. The van der Waals surface area contributed by atoms with Gasteiger partial charge in [0.1, 0.15) is 0 Å². The maximum absolute atomic E-state index is 12.7. The van der Waals surface area contributed by atoms with Gasteiger partial charge in [0.25, 0.3) is 0 Å². The summed E-state index contributed by atoms with van der Waals surface area (Å²) in [7, 11) is 1.19. The lowest BCUT2D eigenvalue weighted by Gasteiger charge is -2.17. The molecule has 1 heterocycles. The number of hydrogen-bond acceptors (Lipinski definition) is 4. The topological polar surface area (TPSA) is 61.2 Å². The van der Waals surface area contributed by atoms with Gasteiger partial charge in [0.15, 0.2) is 0 Å². The molecule has 0 aliphatic rings. The zero-order valence-electron chi connectivity index (χ0n) is 14.3. The van der Waals surface area contributed by atoms with Crippen LogP contribution in [0.1, 0.15) is 16.1 Å². The normalized spacial score (nSPS) is 10.7. The smallest absolute Gasteiger partial charge is 0.362 e. The molecule has 8 heteroatoms. The monoisotopic (exact) mass is 422 g/mol. The number of ether oxygens (including phenoxy) is 1. The molecule has 0 spiro atoms. The first-order chi connectivity index (χ1) is 12.8. The molecule has 0 radical (unpaired) electrons. The van der Waals surface area contributed by atoms with Gasteiger partial charge in [0.2, 0.25) is 11.1 Å². The molecule has 2 aromatic carbocycles. The molecule has 0 saturated heterocycles. The number of carbonyl (C=O) groups is 1. The van der Waals surface area contributed by atoms with Crippen molar-refractivity contribution in [2.45, 2.75) is 6.92 Å². The average Bonchev–Trinajstić information content (AvgIpc) is 2.64. The minimum atomic E-state index is -0.829. The van der Waals surface area contributed by atoms with Crippen molar-refractivity contribution >= 4 is 40.8 Å². The van der Waals surface area contributed by atoms with Crippen LogP contribution in [0.2, 0.25) is 15.1 Å². The van der Waals surface area contributed by atoms with Gasteiger partial charge < -0.3 is 4.74 Å². The van der Waals surface area contributed by atoms with Crippen LogP contribution in [0.25, 0.3) is 16.9 Å². The molecular formula is C19H13Cl3N2O3. The van der Waals surface area contributed by atoms with Crippen molar-refractivity contribution in [3.63, 3.8) is 0 Å². The molecule has 0 bridgehead atoms. The largest absolute Gasteiger partial charge is 0.464 e. The van der Waals surface area contributed by atoms with Crippen molar-refractivity contribution in [2.75, 3.05) is 7.11 Å². The fraction of sp³-hybridized carbons (Fsp3) is 0.105. The predicted molar refractivity (Wildman–Crippen MR) is 106 cm³/mol. The van der Waals surface area contributed by atoms with Gasteiger partial charge >= 0.3 is 5.97 Å². The van der Waals surface area contributed by atoms with Gasteiger partial charge in [-0.1, -0.05) is 46.9 Å². The molecule has 0 fully saturated rings. The molecular weight excluding hydrogens is 411 g/mol. The Kier molecular flexibility index (Phi) is 5.56. The van der Waals surface area contributed by atoms with E-state index >= 15 is 0 Å². The molecule has 0 amide bonds. The Hall–Kier alpha value is -2.34. The lowest BCUT2D eigenvalue weighted by atomic mass is 10.1. The second kappa shape index (κ2) is 7.72. The number of rotatable bonds is 3. The molecule has 0 unspecified atom stereocenters. The van der Waals surface area contributed by atoms with Crippen LogP contribution in [0.5, 0.6) is 0 Å². The lowest BCUT2D eigenvalue weighted by molar-refractivity contribution is 0.0590. The minimum Gasteiger partial charge on any atom is -0.464 e. The van der Waals surface area contributed by atoms with Crippen molar-refractivity contribution in [2.24, 2.45) is 0 Å². The Morgan fingerprint density at radius 2 is 1.67 bits per heavy atom. The maximum atomic E-state index is 12.7. The van der Waals surface area contributed by atoms with Crippen LogP contribution in [0.4, 0.5) is 0 Å². The number of carbonyl (C=O) groups excluding carboxylic acids is 1. The highest BCUT2D eigenvalue weighted by Crippen LogP contribution is 2.30. The molecule has 5 nitrogen and oxygen atoms in total. The van der Waals surface area contributed by atoms with E-state index in [0.717, 1.165) is 0 Å². The second-order valence-electron chi connectivity index (χ2n) is 5.66. The standard InChI is InChI=1S/C19H13Cl3N2O3/c1-10-17(11-3-5-12(20)6-4-11)24(15-8-7-13(21)9-14(15)22)23-16(18(10)25)19(26)27-2/h3-9H,1-2H3. The molecule has 0 aliphatic carbocycles. The van der Waals surface area contributed by atoms with Crippen LogP contribution in [0, 0.1) is 6.92 Å². The van der Waals surface area contributed by atoms with E-state index in [9.17, 15) is 9.59 Å². The number of nitrogens with zero attached hydrogens (tertiary/aromatic N) is 2. The molecule has 27 heavy (non-hydrogen) atoms. The third kappa shape index (κ3) is 3.72. The van der Waals surface area contributed by atoms with Gasteiger partial charge in [-0.2, -0.15) is 5.10 Å². The van der Waals surface area contributed by atoms with Crippen molar-refractivity contribution in [3.8, 4) is 16.9 Å². The summed E-state index contributed by atoms with van der Waals surface area (Å²) in [5.41, 5.74) is 1.09. The van der Waals surface area contributed by atoms with Crippen LogP contribution < -0.4 is 5.43 Å². The Bertz CT molecular complexity index is 1090. The number of hydrogen-bond donors (Lipinski definition) is 0. The first-order valence-corrected chi connectivity index (χ1v) is 8.90. The zero-order chi connectivity index (χ0) is 19.7. The molecule has 3 rings (SSSR count). The first-order valence-electron chi connectivity index (χ1n) is 7.77. The number of halogens is 3. The van der Waals surface area contributed by atoms with E-state index in [0.29, 0.717) is 37.6 Å². The predicted octanol–water partition coefficient (Wildman–Crippen LogP) is 4.95. The highest BCUT2D eigenvalue weighted by atomic mass is 35.5. The highest BCUT2D eigenvalue weighted by Gasteiger charge is 2.22. The summed E-state index contributed by atoms with van der Waals surface area (Å²) >= 11 is 18.3. The van der Waals surface area contributed by atoms with E-state index < -0.39 is 11.4 Å². The van der Waals surface area contributed by atoms with E-state index in [2.05, 4.69) is 9.84 Å². The molecule has 3 aromatic rings. The SMILES string of the molecule is COC(=O)c1nn(-c2ccc(Cl)cc2Cl)c(-c2ccc(Cl)cc2)c(C)c1=O. The molecule has 1 aromatic heterocycles. The maximum Gasteiger partial charge on any atom is 0.362 e. The van der Waals surface area contributed by atoms with Crippen LogP contribution in [-0.4, -0.2) is 22.9 Å². The summed E-state index contributed by atoms with van der Waals surface area (Å²) in [5, 5.41) is 5.54.